The summed E-state index contributed by atoms with van der Waals surface area (Å²) in [5.74, 6) is 5.86. The highest BCUT2D eigenvalue weighted by molar-refractivity contribution is 5.79. The van der Waals surface area contributed by atoms with Crippen LogP contribution in [0.4, 0.5) is 10.5 Å². The van der Waals surface area contributed by atoms with E-state index in [1.165, 1.54) is 22.3 Å². The zero-order chi connectivity index (χ0) is 20.2. The van der Waals surface area contributed by atoms with Crippen LogP contribution in [0.5, 0.6) is 0 Å². The number of aryl methyl sites for hydroxylation is 1. The van der Waals surface area contributed by atoms with E-state index >= 15 is 0 Å². The lowest BCUT2D eigenvalue weighted by molar-refractivity contribution is 0.144. The molecule has 0 spiro atoms. The normalized spacial score (nSPS) is 11.8. The summed E-state index contributed by atoms with van der Waals surface area (Å²) in [5.41, 5.74) is 12.6. The van der Waals surface area contributed by atoms with Crippen LogP contribution in [0.1, 0.15) is 28.3 Å². The van der Waals surface area contributed by atoms with Crippen LogP contribution >= 0.6 is 0 Å². The first-order valence-corrected chi connectivity index (χ1v) is 9.43. The molecule has 1 aliphatic carbocycles. The van der Waals surface area contributed by atoms with Gasteiger partial charge in [0.1, 0.15) is 12.3 Å². The molecule has 5 heteroatoms. The van der Waals surface area contributed by atoms with E-state index in [4.69, 9.17) is 10.5 Å². The molecule has 0 atom stereocenters. The topological polar surface area (TPSA) is 77.2 Å². The minimum Gasteiger partial charge on any atom is -0.449 e. The molecule has 3 N–H and O–H groups in total. The lowest BCUT2D eigenvalue weighted by atomic mass is 9.98. The number of rotatable bonds is 3. The van der Waals surface area contributed by atoms with E-state index in [1.54, 1.807) is 6.20 Å². The molecule has 0 fully saturated rings. The smallest absolute Gasteiger partial charge is 0.407 e. The van der Waals surface area contributed by atoms with E-state index in [-0.39, 0.29) is 19.1 Å². The van der Waals surface area contributed by atoms with Crippen molar-refractivity contribution in [2.45, 2.75) is 12.8 Å². The number of fused-ring (bicyclic) bond motifs is 3. The van der Waals surface area contributed by atoms with Crippen LogP contribution in [0.3, 0.4) is 0 Å². The van der Waals surface area contributed by atoms with E-state index in [9.17, 15) is 4.79 Å². The molecule has 0 aliphatic heterocycles. The maximum atomic E-state index is 12.1. The fourth-order valence-electron chi connectivity index (χ4n) is 3.62. The maximum Gasteiger partial charge on any atom is 0.407 e. The van der Waals surface area contributed by atoms with Crippen molar-refractivity contribution in [1.82, 2.24) is 10.3 Å². The summed E-state index contributed by atoms with van der Waals surface area (Å²) < 4.78 is 5.48. The number of anilines is 1. The number of pyridine rings is 1. The molecule has 3 aromatic rings. The Morgan fingerprint density at radius 3 is 2.45 bits per heavy atom. The van der Waals surface area contributed by atoms with Gasteiger partial charge in [0.15, 0.2) is 0 Å². The molecule has 29 heavy (non-hydrogen) atoms. The number of alkyl carbamates (subject to hydrolysis) is 1. The third-order valence-corrected chi connectivity index (χ3v) is 4.97. The van der Waals surface area contributed by atoms with E-state index in [0.29, 0.717) is 11.4 Å². The van der Waals surface area contributed by atoms with Gasteiger partial charge < -0.3 is 15.8 Å². The molecular formula is C24H21N3O2. The number of amides is 1. The molecule has 1 aromatic heterocycles. The largest absolute Gasteiger partial charge is 0.449 e. The summed E-state index contributed by atoms with van der Waals surface area (Å²) in [4.78, 5) is 16.3. The molecule has 0 unspecified atom stereocenters. The van der Waals surface area contributed by atoms with Crippen LogP contribution in [0.2, 0.25) is 0 Å². The second kappa shape index (κ2) is 8.07. The molecule has 144 valence electrons. The van der Waals surface area contributed by atoms with Crippen LogP contribution < -0.4 is 11.1 Å². The average Bonchev–Trinajstić information content (AvgIpc) is 3.05. The number of nitrogens with two attached hydrogens (primary N) is 1. The second-order valence-electron chi connectivity index (χ2n) is 6.92. The zero-order valence-corrected chi connectivity index (χ0v) is 16.1. The minimum absolute atomic E-state index is 0.0425. The van der Waals surface area contributed by atoms with Crippen molar-refractivity contribution in [1.29, 1.82) is 0 Å². The second-order valence-corrected chi connectivity index (χ2v) is 6.92. The summed E-state index contributed by atoms with van der Waals surface area (Å²) in [5, 5.41) is 2.67. The fraction of sp³-hybridized carbons (Fsp3) is 0.167. The van der Waals surface area contributed by atoms with Crippen molar-refractivity contribution in [2.24, 2.45) is 0 Å². The molecule has 1 amide bonds. The van der Waals surface area contributed by atoms with Gasteiger partial charge in [-0.15, -0.1) is 0 Å². The Hall–Kier alpha value is -3.78. The van der Waals surface area contributed by atoms with Gasteiger partial charge in [-0.25, -0.2) is 9.78 Å². The standard InChI is InChI=1S/C24H21N3O2/c1-16-13-17(25)14-27-23(16)11-6-12-26-24(28)29-15-22-20-9-4-2-7-18(20)19-8-3-5-10-21(19)22/h2-5,7-10,13-14,22H,12,15,25H2,1H3,(H,26,28). The SMILES string of the molecule is Cc1cc(N)cnc1C#CCNC(=O)OCC1c2ccccc2-c2ccccc21. The highest BCUT2D eigenvalue weighted by Gasteiger charge is 2.28. The molecule has 0 radical (unpaired) electrons. The Balaban J connectivity index is 1.35. The van der Waals surface area contributed by atoms with Crippen molar-refractivity contribution in [3.05, 3.63) is 83.2 Å². The van der Waals surface area contributed by atoms with Crippen molar-refractivity contribution >= 4 is 11.8 Å². The summed E-state index contributed by atoms with van der Waals surface area (Å²) in [7, 11) is 0. The lowest BCUT2D eigenvalue weighted by Gasteiger charge is -2.14. The molecule has 0 saturated heterocycles. The molecule has 0 bridgehead atoms. The number of aromatic nitrogens is 1. The van der Waals surface area contributed by atoms with Gasteiger partial charge in [-0.05, 0) is 46.7 Å². The van der Waals surface area contributed by atoms with Crippen molar-refractivity contribution < 1.29 is 9.53 Å². The minimum atomic E-state index is -0.483. The Morgan fingerprint density at radius 1 is 1.14 bits per heavy atom. The van der Waals surface area contributed by atoms with Gasteiger partial charge in [0, 0.05) is 5.92 Å². The van der Waals surface area contributed by atoms with Crippen LogP contribution in [0.25, 0.3) is 11.1 Å². The van der Waals surface area contributed by atoms with Crippen molar-refractivity contribution in [2.75, 3.05) is 18.9 Å². The number of nitrogen functional groups attached to an aromatic ring is 1. The number of ether oxygens (including phenoxy) is 1. The Labute approximate surface area is 169 Å². The number of nitrogens with one attached hydrogen (secondary N) is 1. The zero-order valence-electron chi connectivity index (χ0n) is 16.1. The van der Waals surface area contributed by atoms with Gasteiger partial charge in [-0.1, -0.05) is 54.5 Å². The van der Waals surface area contributed by atoms with Gasteiger partial charge >= 0.3 is 6.09 Å². The average molecular weight is 383 g/mol. The Morgan fingerprint density at radius 2 is 1.79 bits per heavy atom. The predicted molar refractivity (Wildman–Crippen MR) is 113 cm³/mol. The molecule has 1 heterocycles. The van der Waals surface area contributed by atoms with E-state index < -0.39 is 6.09 Å². The first-order valence-electron chi connectivity index (χ1n) is 9.43. The summed E-state index contributed by atoms with van der Waals surface area (Å²) in [6, 6.07) is 18.3. The highest BCUT2D eigenvalue weighted by atomic mass is 16.5. The van der Waals surface area contributed by atoms with Gasteiger partial charge in [-0.2, -0.15) is 0 Å². The number of nitrogens with zero attached hydrogens (tertiary/aromatic N) is 1. The lowest BCUT2D eigenvalue weighted by Crippen LogP contribution is -2.26. The summed E-state index contributed by atoms with van der Waals surface area (Å²) in [6.07, 6.45) is 1.08. The van der Waals surface area contributed by atoms with Gasteiger partial charge in [0.25, 0.3) is 0 Å². The van der Waals surface area contributed by atoms with Crippen LogP contribution in [-0.4, -0.2) is 24.2 Å². The van der Waals surface area contributed by atoms with Crippen molar-refractivity contribution in [3.63, 3.8) is 0 Å². The van der Waals surface area contributed by atoms with Gasteiger partial charge in [0.2, 0.25) is 0 Å². The molecule has 5 nitrogen and oxygen atoms in total. The number of hydrogen-bond donors (Lipinski definition) is 2. The number of carbonyl (C=O) groups excluding carboxylic acids is 1. The molecule has 1 aliphatic rings. The molecule has 4 rings (SSSR count). The number of benzene rings is 2. The fourth-order valence-corrected chi connectivity index (χ4v) is 3.62. The monoisotopic (exact) mass is 383 g/mol. The third kappa shape index (κ3) is 3.92. The Kier molecular flexibility index (Phi) is 5.17. The van der Waals surface area contributed by atoms with E-state index in [1.807, 2.05) is 37.3 Å². The van der Waals surface area contributed by atoms with Gasteiger partial charge in [0.05, 0.1) is 18.4 Å². The number of carbonyl (C=O) groups is 1. The van der Waals surface area contributed by atoms with Gasteiger partial charge in [-0.3, -0.25) is 0 Å². The highest BCUT2D eigenvalue weighted by Crippen LogP contribution is 2.44. The Bertz CT molecular complexity index is 1080. The third-order valence-electron chi connectivity index (χ3n) is 4.97. The maximum absolute atomic E-state index is 12.1. The van der Waals surface area contributed by atoms with Crippen LogP contribution in [0, 0.1) is 18.8 Å². The van der Waals surface area contributed by atoms with Crippen LogP contribution in [0.15, 0.2) is 60.8 Å². The summed E-state index contributed by atoms with van der Waals surface area (Å²) >= 11 is 0. The molecule has 0 saturated carbocycles. The van der Waals surface area contributed by atoms with E-state index in [0.717, 1.165) is 5.56 Å². The molecule has 2 aromatic carbocycles. The first-order chi connectivity index (χ1) is 14.1. The quantitative estimate of drug-likeness (QED) is 0.673. The van der Waals surface area contributed by atoms with E-state index in [2.05, 4.69) is 46.4 Å². The summed E-state index contributed by atoms with van der Waals surface area (Å²) in [6.45, 7) is 2.36. The predicted octanol–water partition coefficient (Wildman–Crippen LogP) is 3.86. The number of hydrogen-bond acceptors (Lipinski definition) is 4. The van der Waals surface area contributed by atoms with Crippen molar-refractivity contribution in [3.8, 4) is 23.0 Å². The van der Waals surface area contributed by atoms with Crippen LogP contribution in [-0.2, 0) is 4.74 Å². The molecular weight excluding hydrogens is 362 g/mol. The first kappa shape index (κ1) is 18.6.